The van der Waals surface area contributed by atoms with Gasteiger partial charge in [-0.1, -0.05) is 0 Å². The molecular formula is C12H14N2O2S. The summed E-state index contributed by atoms with van der Waals surface area (Å²) in [5.41, 5.74) is 0.626. The number of hydrogen-bond acceptors (Lipinski definition) is 4. The minimum absolute atomic E-state index is 0.105. The van der Waals surface area contributed by atoms with Crippen LogP contribution in [0.3, 0.4) is 0 Å². The molecule has 0 aromatic carbocycles. The highest BCUT2D eigenvalue weighted by molar-refractivity contribution is 7.08. The van der Waals surface area contributed by atoms with Crippen LogP contribution < -0.4 is 0 Å². The first kappa shape index (κ1) is 11.9. The molecule has 1 atom stereocenters. The molecule has 90 valence electrons. The lowest BCUT2D eigenvalue weighted by atomic mass is 10.3. The minimum Gasteiger partial charge on any atom is -0.459 e. The van der Waals surface area contributed by atoms with Crippen LogP contribution in [0.5, 0.6) is 0 Å². The fourth-order valence-corrected chi connectivity index (χ4v) is 2.06. The second-order valence-electron chi connectivity index (χ2n) is 3.79. The Morgan fingerprint density at radius 2 is 2.53 bits per heavy atom. The summed E-state index contributed by atoms with van der Waals surface area (Å²) >= 11 is 1.49. The van der Waals surface area contributed by atoms with Crippen molar-refractivity contribution in [1.82, 2.24) is 9.78 Å². The van der Waals surface area contributed by atoms with Crippen LogP contribution in [0.2, 0.25) is 0 Å². The molecule has 2 aromatic heterocycles. The van der Waals surface area contributed by atoms with Gasteiger partial charge >= 0.3 is 5.97 Å². The average Bonchev–Trinajstić information content (AvgIpc) is 2.99. The standard InChI is InChI=1S/C12H14N2O2S/c1-10(3-7-14-6-2-5-13-14)16-12(15)11-4-8-17-9-11/h2,4-6,8-10H,3,7H2,1H3/t10-/m0/s1. The van der Waals surface area contributed by atoms with Gasteiger partial charge in [0.2, 0.25) is 0 Å². The molecule has 5 heteroatoms. The maximum Gasteiger partial charge on any atom is 0.339 e. The number of carbonyl (C=O) groups excluding carboxylic acids is 1. The molecule has 17 heavy (non-hydrogen) atoms. The summed E-state index contributed by atoms with van der Waals surface area (Å²) < 4.78 is 7.15. The van der Waals surface area contributed by atoms with Gasteiger partial charge in [-0.2, -0.15) is 16.4 Å². The Bertz CT molecular complexity index is 451. The Labute approximate surface area is 104 Å². The number of esters is 1. The molecule has 0 aliphatic heterocycles. The Morgan fingerprint density at radius 3 is 3.18 bits per heavy atom. The van der Waals surface area contributed by atoms with Crippen molar-refractivity contribution in [2.75, 3.05) is 0 Å². The van der Waals surface area contributed by atoms with E-state index in [9.17, 15) is 4.79 Å². The van der Waals surface area contributed by atoms with Crippen LogP contribution in [0, 0.1) is 0 Å². The third kappa shape index (κ3) is 3.42. The number of hydrogen-bond donors (Lipinski definition) is 0. The number of thiophene rings is 1. The predicted octanol–water partition coefficient (Wildman–Crippen LogP) is 2.58. The monoisotopic (exact) mass is 250 g/mol. The number of rotatable bonds is 5. The molecule has 0 saturated carbocycles. The van der Waals surface area contributed by atoms with Gasteiger partial charge in [-0.25, -0.2) is 4.79 Å². The molecule has 0 radical (unpaired) electrons. The van der Waals surface area contributed by atoms with Gasteiger partial charge in [-0.3, -0.25) is 4.68 Å². The van der Waals surface area contributed by atoms with Gasteiger partial charge in [-0.05, 0) is 24.4 Å². The summed E-state index contributed by atoms with van der Waals surface area (Å²) in [7, 11) is 0. The van der Waals surface area contributed by atoms with Gasteiger partial charge in [0, 0.05) is 30.7 Å². The van der Waals surface area contributed by atoms with Crippen LogP contribution >= 0.6 is 11.3 Å². The lowest BCUT2D eigenvalue weighted by Crippen LogP contribution is -2.17. The summed E-state index contributed by atoms with van der Waals surface area (Å²) in [6, 6.07) is 3.65. The normalized spacial score (nSPS) is 12.3. The average molecular weight is 250 g/mol. The highest BCUT2D eigenvalue weighted by Crippen LogP contribution is 2.10. The van der Waals surface area contributed by atoms with E-state index in [-0.39, 0.29) is 12.1 Å². The van der Waals surface area contributed by atoms with Gasteiger partial charge in [0.1, 0.15) is 6.10 Å². The maximum atomic E-state index is 11.6. The molecule has 0 bridgehead atoms. The lowest BCUT2D eigenvalue weighted by Gasteiger charge is -2.12. The zero-order chi connectivity index (χ0) is 12.1. The SMILES string of the molecule is C[C@@H](CCn1cccn1)OC(=O)c1ccsc1. The van der Waals surface area contributed by atoms with E-state index < -0.39 is 0 Å². The maximum absolute atomic E-state index is 11.6. The Morgan fingerprint density at radius 1 is 1.65 bits per heavy atom. The Hall–Kier alpha value is -1.62. The van der Waals surface area contributed by atoms with Crippen molar-refractivity contribution in [1.29, 1.82) is 0 Å². The topological polar surface area (TPSA) is 44.1 Å². The number of carbonyl (C=O) groups is 1. The van der Waals surface area contributed by atoms with E-state index in [2.05, 4.69) is 5.10 Å². The molecule has 0 spiro atoms. The zero-order valence-corrected chi connectivity index (χ0v) is 10.4. The number of aryl methyl sites for hydroxylation is 1. The predicted molar refractivity (Wildman–Crippen MR) is 66.0 cm³/mol. The first-order chi connectivity index (χ1) is 8.25. The summed E-state index contributed by atoms with van der Waals surface area (Å²) in [6.45, 7) is 2.65. The molecule has 0 saturated heterocycles. The van der Waals surface area contributed by atoms with Crippen LogP contribution in [0.1, 0.15) is 23.7 Å². The minimum atomic E-state index is -0.251. The molecule has 0 aliphatic carbocycles. The van der Waals surface area contributed by atoms with Crippen LogP contribution in [0.4, 0.5) is 0 Å². The summed E-state index contributed by atoms with van der Waals surface area (Å²) in [5.74, 6) is -0.251. The van der Waals surface area contributed by atoms with E-state index in [4.69, 9.17) is 4.74 Å². The number of nitrogens with zero attached hydrogens (tertiary/aromatic N) is 2. The molecule has 0 amide bonds. The van der Waals surface area contributed by atoms with E-state index in [0.717, 1.165) is 13.0 Å². The molecule has 2 rings (SSSR count). The van der Waals surface area contributed by atoms with Crippen molar-refractivity contribution >= 4 is 17.3 Å². The highest BCUT2D eigenvalue weighted by atomic mass is 32.1. The van der Waals surface area contributed by atoms with Gasteiger partial charge in [0.05, 0.1) is 5.56 Å². The van der Waals surface area contributed by atoms with E-state index >= 15 is 0 Å². The smallest absolute Gasteiger partial charge is 0.339 e. The van der Waals surface area contributed by atoms with Crippen LogP contribution in [-0.2, 0) is 11.3 Å². The Kier molecular flexibility index (Phi) is 3.93. The van der Waals surface area contributed by atoms with E-state index in [1.165, 1.54) is 11.3 Å². The summed E-state index contributed by atoms with van der Waals surface area (Å²) in [6.07, 6.45) is 4.29. The Balaban J connectivity index is 1.77. The number of ether oxygens (including phenoxy) is 1. The molecular weight excluding hydrogens is 236 g/mol. The van der Waals surface area contributed by atoms with Crippen molar-refractivity contribution in [3.05, 3.63) is 40.8 Å². The second kappa shape index (κ2) is 5.63. The van der Waals surface area contributed by atoms with Gasteiger partial charge < -0.3 is 4.74 Å². The fourth-order valence-electron chi connectivity index (χ4n) is 1.44. The summed E-state index contributed by atoms with van der Waals surface area (Å²) in [5, 5.41) is 7.76. The van der Waals surface area contributed by atoms with E-state index in [1.807, 2.05) is 29.2 Å². The van der Waals surface area contributed by atoms with Crippen LogP contribution in [0.15, 0.2) is 35.3 Å². The molecule has 2 heterocycles. The van der Waals surface area contributed by atoms with Crippen molar-refractivity contribution < 1.29 is 9.53 Å². The lowest BCUT2D eigenvalue weighted by molar-refractivity contribution is 0.0314. The fraction of sp³-hybridized carbons (Fsp3) is 0.333. The molecule has 0 unspecified atom stereocenters. The molecule has 0 fully saturated rings. The van der Waals surface area contributed by atoms with Crippen LogP contribution in [0.25, 0.3) is 0 Å². The van der Waals surface area contributed by atoms with Crippen molar-refractivity contribution in [3.8, 4) is 0 Å². The molecule has 0 aliphatic rings. The second-order valence-corrected chi connectivity index (χ2v) is 4.57. The quantitative estimate of drug-likeness (QED) is 0.766. The van der Waals surface area contributed by atoms with Crippen molar-refractivity contribution in [2.24, 2.45) is 0 Å². The van der Waals surface area contributed by atoms with Gasteiger partial charge in [-0.15, -0.1) is 0 Å². The van der Waals surface area contributed by atoms with Gasteiger partial charge in [0.15, 0.2) is 0 Å². The van der Waals surface area contributed by atoms with Crippen LogP contribution in [-0.4, -0.2) is 21.9 Å². The van der Waals surface area contributed by atoms with E-state index in [1.54, 1.807) is 17.6 Å². The number of aromatic nitrogens is 2. The van der Waals surface area contributed by atoms with Gasteiger partial charge in [0.25, 0.3) is 0 Å². The molecule has 2 aromatic rings. The van der Waals surface area contributed by atoms with Crippen molar-refractivity contribution in [3.63, 3.8) is 0 Å². The highest BCUT2D eigenvalue weighted by Gasteiger charge is 2.12. The third-order valence-corrected chi connectivity index (χ3v) is 3.07. The third-order valence-electron chi connectivity index (χ3n) is 2.39. The van der Waals surface area contributed by atoms with E-state index in [0.29, 0.717) is 5.56 Å². The first-order valence-corrected chi connectivity index (χ1v) is 6.40. The largest absolute Gasteiger partial charge is 0.459 e. The molecule has 4 nitrogen and oxygen atoms in total. The zero-order valence-electron chi connectivity index (χ0n) is 9.57. The van der Waals surface area contributed by atoms with Crippen molar-refractivity contribution in [2.45, 2.75) is 26.0 Å². The molecule has 0 N–H and O–H groups in total. The summed E-state index contributed by atoms with van der Waals surface area (Å²) in [4.78, 5) is 11.6. The first-order valence-electron chi connectivity index (χ1n) is 5.46.